The fourth-order valence-electron chi connectivity index (χ4n) is 4.51. The molecule has 2 saturated heterocycles. The van der Waals surface area contributed by atoms with Gasteiger partial charge in [0.25, 0.3) is 0 Å². The Morgan fingerprint density at radius 3 is 2.84 bits per heavy atom. The number of hydrogen-bond acceptors (Lipinski definition) is 6. The maximum atomic E-state index is 12.7. The summed E-state index contributed by atoms with van der Waals surface area (Å²) in [6.07, 6.45) is 6.98. The van der Waals surface area contributed by atoms with E-state index in [1.165, 1.54) is 32.4 Å². The molecule has 2 aliphatic heterocycles. The first kappa shape index (κ1) is 22.4. The van der Waals surface area contributed by atoms with Crippen molar-refractivity contribution >= 4 is 21.8 Å². The van der Waals surface area contributed by atoms with Gasteiger partial charge < -0.3 is 14.7 Å². The zero-order valence-corrected chi connectivity index (χ0v) is 19.6. The van der Waals surface area contributed by atoms with Crippen LogP contribution in [0.2, 0.25) is 0 Å². The molecule has 31 heavy (non-hydrogen) atoms. The number of piperidine rings is 2. The van der Waals surface area contributed by atoms with Crippen molar-refractivity contribution in [3.8, 4) is 11.4 Å². The highest BCUT2D eigenvalue weighted by Gasteiger charge is 2.26. The Bertz CT molecular complexity index is 852. The molecule has 1 aromatic carbocycles. The van der Waals surface area contributed by atoms with E-state index < -0.39 is 0 Å². The molecule has 2 aliphatic rings. The first-order valence-electron chi connectivity index (χ1n) is 11.5. The van der Waals surface area contributed by atoms with Crippen LogP contribution in [0, 0.1) is 5.92 Å². The van der Waals surface area contributed by atoms with E-state index in [4.69, 9.17) is 4.52 Å². The van der Waals surface area contributed by atoms with Gasteiger partial charge in [0.1, 0.15) is 0 Å². The van der Waals surface area contributed by atoms with Gasteiger partial charge in [0.05, 0.1) is 12.5 Å². The predicted octanol–water partition coefficient (Wildman–Crippen LogP) is 3.70. The van der Waals surface area contributed by atoms with Crippen LogP contribution in [0.15, 0.2) is 33.3 Å². The number of amides is 1. The standard InChI is InChI=1S/C23H32BrN5O2/c24-20-9-4-7-18(15-20)22-26-21(31-27-22)17-29-13-5-8-19(16-29)23(30)25-10-6-14-28-11-2-1-3-12-28/h4,7,9,15,19H,1-3,5-6,8,10-14,16-17H2,(H,25,30). The molecule has 0 spiro atoms. The second-order valence-electron chi connectivity index (χ2n) is 8.64. The maximum Gasteiger partial charge on any atom is 0.241 e. The fraction of sp³-hybridized carbons (Fsp3) is 0.609. The summed E-state index contributed by atoms with van der Waals surface area (Å²) in [7, 11) is 0. The summed E-state index contributed by atoms with van der Waals surface area (Å²) in [5.41, 5.74) is 0.921. The van der Waals surface area contributed by atoms with Crippen LogP contribution in [-0.4, -0.2) is 65.1 Å². The summed E-state index contributed by atoms with van der Waals surface area (Å²) in [5, 5.41) is 7.28. The van der Waals surface area contributed by atoms with Gasteiger partial charge in [0, 0.05) is 23.1 Å². The van der Waals surface area contributed by atoms with Gasteiger partial charge >= 0.3 is 0 Å². The molecule has 0 saturated carbocycles. The second kappa shape index (κ2) is 11.2. The van der Waals surface area contributed by atoms with Crippen LogP contribution in [0.25, 0.3) is 11.4 Å². The van der Waals surface area contributed by atoms with Gasteiger partial charge in [-0.25, -0.2) is 0 Å². The molecule has 1 atom stereocenters. The topological polar surface area (TPSA) is 74.5 Å². The van der Waals surface area contributed by atoms with Crippen molar-refractivity contribution in [2.75, 3.05) is 39.3 Å². The molecular weight excluding hydrogens is 458 g/mol. The van der Waals surface area contributed by atoms with Crippen molar-refractivity contribution in [3.05, 3.63) is 34.6 Å². The van der Waals surface area contributed by atoms with E-state index in [0.29, 0.717) is 18.3 Å². The lowest BCUT2D eigenvalue weighted by Crippen LogP contribution is -2.43. The van der Waals surface area contributed by atoms with E-state index in [-0.39, 0.29) is 11.8 Å². The molecular formula is C23H32BrN5O2. The van der Waals surface area contributed by atoms with E-state index in [0.717, 1.165) is 55.5 Å². The molecule has 8 heteroatoms. The molecule has 1 N–H and O–H groups in total. The third-order valence-corrected chi connectivity index (χ3v) is 6.68. The number of halogens is 1. The number of carbonyl (C=O) groups excluding carboxylic acids is 1. The highest BCUT2D eigenvalue weighted by Crippen LogP contribution is 2.22. The van der Waals surface area contributed by atoms with Crippen LogP contribution in [-0.2, 0) is 11.3 Å². The lowest BCUT2D eigenvalue weighted by atomic mass is 9.97. The van der Waals surface area contributed by atoms with Crippen molar-refractivity contribution in [3.63, 3.8) is 0 Å². The molecule has 7 nitrogen and oxygen atoms in total. The van der Waals surface area contributed by atoms with Gasteiger partial charge in [-0.1, -0.05) is 39.6 Å². The Morgan fingerprint density at radius 2 is 2.00 bits per heavy atom. The Hall–Kier alpha value is -1.77. The minimum atomic E-state index is 0.0382. The number of hydrogen-bond donors (Lipinski definition) is 1. The number of likely N-dealkylation sites (tertiary alicyclic amines) is 2. The molecule has 0 aliphatic carbocycles. The van der Waals surface area contributed by atoms with E-state index in [1.54, 1.807) is 0 Å². The zero-order chi connectivity index (χ0) is 21.5. The number of aromatic nitrogens is 2. The average molecular weight is 490 g/mol. The Morgan fingerprint density at radius 1 is 1.16 bits per heavy atom. The maximum absolute atomic E-state index is 12.7. The molecule has 4 rings (SSSR count). The van der Waals surface area contributed by atoms with Gasteiger partial charge in [-0.3, -0.25) is 9.69 Å². The molecule has 2 aromatic rings. The highest BCUT2D eigenvalue weighted by atomic mass is 79.9. The van der Waals surface area contributed by atoms with Crippen LogP contribution < -0.4 is 5.32 Å². The number of benzene rings is 1. The number of nitrogens with one attached hydrogen (secondary N) is 1. The first-order valence-corrected chi connectivity index (χ1v) is 12.3. The quantitative estimate of drug-likeness (QED) is 0.569. The van der Waals surface area contributed by atoms with E-state index in [1.807, 2.05) is 24.3 Å². The van der Waals surface area contributed by atoms with E-state index >= 15 is 0 Å². The lowest BCUT2D eigenvalue weighted by Gasteiger charge is -2.31. The Balaban J connectivity index is 1.21. The smallest absolute Gasteiger partial charge is 0.241 e. The van der Waals surface area contributed by atoms with Crippen molar-refractivity contribution in [1.82, 2.24) is 25.3 Å². The van der Waals surface area contributed by atoms with Gasteiger partial charge in [0.15, 0.2) is 0 Å². The summed E-state index contributed by atoms with van der Waals surface area (Å²) >= 11 is 3.47. The van der Waals surface area contributed by atoms with Gasteiger partial charge in [-0.05, 0) is 70.4 Å². The Labute approximate surface area is 192 Å². The van der Waals surface area contributed by atoms with Crippen molar-refractivity contribution < 1.29 is 9.32 Å². The minimum Gasteiger partial charge on any atom is -0.356 e. The molecule has 0 bridgehead atoms. The number of carbonyl (C=O) groups is 1. The minimum absolute atomic E-state index is 0.0382. The van der Waals surface area contributed by atoms with Crippen LogP contribution in [0.5, 0.6) is 0 Å². The van der Waals surface area contributed by atoms with Crippen molar-refractivity contribution in [1.29, 1.82) is 0 Å². The first-order chi connectivity index (χ1) is 15.2. The summed E-state index contributed by atoms with van der Waals surface area (Å²) < 4.78 is 6.45. The summed E-state index contributed by atoms with van der Waals surface area (Å²) in [5.74, 6) is 1.41. The predicted molar refractivity (Wildman–Crippen MR) is 123 cm³/mol. The summed E-state index contributed by atoms with van der Waals surface area (Å²) in [6, 6.07) is 7.86. The Kier molecular flexibility index (Phi) is 8.10. The molecule has 0 radical (unpaired) electrons. The van der Waals surface area contributed by atoms with Crippen LogP contribution in [0.1, 0.15) is 44.4 Å². The molecule has 168 valence electrons. The van der Waals surface area contributed by atoms with E-state index in [9.17, 15) is 4.79 Å². The van der Waals surface area contributed by atoms with Crippen LogP contribution >= 0.6 is 15.9 Å². The van der Waals surface area contributed by atoms with Gasteiger partial charge in [-0.15, -0.1) is 0 Å². The normalized spacial score (nSPS) is 20.6. The molecule has 1 aromatic heterocycles. The molecule has 2 fully saturated rings. The van der Waals surface area contributed by atoms with Crippen LogP contribution in [0.3, 0.4) is 0 Å². The van der Waals surface area contributed by atoms with Crippen LogP contribution in [0.4, 0.5) is 0 Å². The zero-order valence-electron chi connectivity index (χ0n) is 18.1. The fourth-order valence-corrected chi connectivity index (χ4v) is 4.91. The number of nitrogens with zero attached hydrogens (tertiary/aromatic N) is 4. The SMILES string of the molecule is O=C(NCCCN1CCCCC1)C1CCCN(Cc2nc(-c3cccc(Br)c3)no2)C1. The van der Waals surface area contributed by atoms with E-state index in [2.05, 4.69) is 41.2 Å². The second-order valence-corrected chi connectivity index (χ2v) is 9.56. The molecule has 3 heterocycles. The molecule has 1 unspecified atom stereocenters. The highest BCUT2D eigenvalue weighted by molar-refractivity contribution is 9.10. The number of rotatable bonds is 8. The molecule has 1 amide bonds. The summed E-state index contributed by atoms with van der Waals surface area (Å²) in [4.78, 5) is 22.0. The monoisotopic (exact) mass is 489 g/mol. The summed E-state index contributed by atoms with van der Waals surface area (Å²) in [6.45, 7) is 6.56. The lowest BCUT2D eigenvalue weighted by molar-refractivity contribution is -0.126. The average Bonchev–Trinajstić information content (AvgIpc) is 3.26. The largest absolute Gasteiger partial charge is 0.356 e. The van der Waals surface area contributed by atoms with Gasteiger partial charge in [-0.2, -0.15) is 4.98 Å². The van der Waals surface area contributed by atoms with Crippen molar-refractivity contribution in [2.45, 2.75) is 45.1 Å². The van der Waals surface area contributed by atoms with Crippen molar-refractivity contribution in [2.24, 2.45) is 5.92 Å². The third kappa shape index (κ3) is 6.60. The van der Waals surface area contributed by atoms with Gasteiger partial charge in [0.2, 0.25) is 17.6 Å². The third-order valence-electron chi connectivity index (χ3n) is 6.19.